The Morgan fingerprint density at radius 1 is 1.03 bits per heavy atom. The zero-order valence-electron chi connectivity index (χ0n) is 21.9. The van der Waals surface area contributed by atoms with Gasteiger partial charge in [-0.15, -0.1) is 0 Å². The molecule has 0 aromatic heterocycles. The van der Waals surface area contributed by atoms with Crippen LogP contribution in [-0.2, 0) is 19.1 Å². The Balaban J connectivity index is 1.71. The van der Waals surface area contributed by atoms with E-state index < -0.39 is 18.1 Å². The van der Waals surface area contributed by atoms with Crippen LogP contribution < -0.4 is 10.1 Å². The van der Waals surface area contributed by atoms with Gasteiger partial charge in [-0.1, -0.05) is 82.9 Å². The van der Waals surface area contributed by atoms with Crippen molar-refractivity contribution in [1.29, 1.82) is 0 Å². The number of nitrogens with one attached hydrogen (secondary N) is 1. The van der Waals surface area contributed by atoms with Crippen molar-refractivity contribution >= 4 is 17.8 Å². The molecule has 1 saturated heterocycles. The van der Waals surface area contributed by atoms with Gasteiger partial charge in [0.05, 0.1) is 13.0 Å². The monoisotopic (exact) mass is 488 g/mol. The molecule has 1 aromatic carbocycles. The maximum absolute atomic E-state index is 13.1. The summed E-state index contributed by atoms with van der Waals surface area (Å²) in [7, 11) is 0. The minimum absolute atomic E-state index is 0.146. The molecule has 2 atom stereocenters. The van der Waals surface area contributed by atoms with E-state index in [-0.39, 0.29) is 18.2 Å². The molecule has 1 aliphatic heterocycles. The lowest BCUT2D eigenvalue weighted by Crippen LogP contribution is -2.60. The van der Waals surface area contributed by atoms with Gasteiger partial charge in [0.25, 0.3) is 5.91 Å². The van der Waals surface area contributed by atoms with E-state index in [2.05, 4.69) is 12.2 Å². The Morgan fingerprint density at radius 2 is 1.66 bits per heavy atom. The highest BCUT2D eigenvalue weighted by molar-refractivity contribution is 5.93. The van der Waals surface area contributed by atoms with Gasteiger partial charge in [-0.05, 0) is 31.9 Å². The third kappa shape index (κ3) is 10.3. The van der Waals surface area contributed by atoms with Gasteiger partial charge in [0.15, 0.2) is 6.10 Å². The van der Waals surface area contributed by atoms with E-state index in [1.54, 1.807) is 6.92 Å². The summed E-state index contributed by atoms with van der Waals surface area (Å²) in [5.41, 5.74) is 0.927. The quantitative estimate of drug-likeness (QED) is 0.263. The molecule has 2 rings (SSSR count). The number of piperazine rings is 1. The van der Waals surface area contributed by atoms with E-state index in [1.807, 2.05) is 31.2 Å². The number of hydrogen-bond donors (Lipinski definition) is 1. The van der Waals surface area contributed by atoms with Crippen LogP contribution in [0.5, 0.6) is 5.75 Å². The number of amides is 2. The largest absolute Gasteiger partial charge is 0.481 e. The maximum Gasteiger partial charge on any atom is 0.308 e. The molecule has 1 heterocycles. The van der Waals surface area contributed by atoms with E-state index in [9.17, 15) is 14.4 Å². The zero-order valence-corrected chi connectivity index (χ0v) is 21.9. The van der Waals surface area contributed by atoms with Crippen LogP contribution in [0.3, 0.4) is 0 Å². The van der Waals surface area contributed by atoms with Gasteiger partial charge < -0.3 is 19.7 Å². The van der Waals surface area contributed by atoms with E-state index in [4.69, 9.17) is 9.47 Å². The van der Waals surface area contributed by atoms with Crippen molar-refractivity contribution in [2.45, 2.75) is 104 Å². The van der Waals surface area contributed by atoms with Gasteiger partial charge in [-0.3, -0.25) is 14.4 Å². The molecule has 0 spiro atoms. The van der Waals surface area contributed by atoms with Gasteiger partial charge >= 0.3 is 5.97 Å². The second-order valence-corrected chi connectivity index (χ2v) is 9.47. The first-order valence-corrected chi connectivity index (χ1v) is 13.4. The standard InChI is InChI=1S/C28H44N2O5/c1-4-5-6-7-8-9-10-11-12-15-20-34-26(31)21-24-27(32)29-18-19-30(24)28(33)23(3)35-25-17-14-13-16-22(25)2/h13-14,16-17,23-24H,4-12,15,18-21H2,1-3H3,(H,29,32). The number of rotatable bonds is 16. The van der Waals surface area contributed by atoms with Crippen molar-refractivity contribution in [2.24, 2.45) is 0 Å². The first-order chi connectivity index (χ1) is 16.9. The summed E-state index contributed by atoms with van der Waals surface area (Å²) in [5.74, 6) is -0.463. The number of nitrogens with zero attached hydrogens (tertiary/aromatic N) is 1. The van der Waals surface area contributed by atoms with Crippen molar-refractivity contribution in [3.05, 3.63) is 29.8 Å². The first kappa shape index (κ1) is 28.7. The van der Waals surface area contributed by atoms with Crippen molar-refractivity contribution in [3.63, 3.8) is 0 Å². The Morgan fingerprint density at radius 3 is 2.31 bits per heavy atom. The fraction of sp³-hybridized carbons (Fsp3) is 0.679. The third-order valence-electron chi connectivity index (χ3n) is 6.48. The van der Waals surface area contributed by atoms with Crippen molar-refractivity contribution in [3.8, 4) is 5.75 Å². The molecule has 1 aromatic rings. The van der Waals surface area contributed by atoms with Gasteiger partial charge in [0.1, 0.15) is 11.8 Å². The molecule has 1 fully saturated rings. The normalized spacial score (nSPS) is 16.5. The highest BCUT2D eigenvalue weighted by Crippen LogP contribution is 2.20. The minimum Gasteiger partial charge on any atom is -0.481 e. The van der Waals surface area contributed by atoms with E-state index in [1.165, 1.54) is 49.8 Å². The number of para-hydroxylation sites is 1. The smallest absolute Gasteiger partial charge is 0.308 e. The summed E-state index contributed by atoms with van der Waals surface area (Å²) in [6.45, 7) is 6.85. The molecule has 35 heavy (non-hydrogen) atoms. The first-order valence-electron chi connectivity index (χ1n) is 13.4. The van der Waals surface area contributed by atoms with Crippen LogP contribution in [0.4, 0.5) is 0 Å². The van der Waals surface area contributed by atoms with Crippen LogP contribution in [0.25, 0.3) is 0 Å². The predicted molar refractivity (Wildman–Crippen MR) is 137 cm³/mol. The topological polar surface area (TPSA) is 84.9 Å². The highest BCUT2D eigenvalue weighted by atomic mass is 16.5. The summed E-state index contributed by atoms with van der Waals surface area (Å²) in [5, 5.41) is 2.75. The maximum atomic E-state index is 13.1. The summed E-state index contributed by atoms with van der Waals surface area (Å²) in [4.78, 5) is 39.4. The number of hydrogen-bond acceptors (Lipinski definition) is 5. The molecule has 0 radical (unpaired) electrons. The van der Waals surface area contributed by atoms with Crippen molar-refractivity contribution < 1.29 is 23.9 Å². The van der Waals surface area contributed by atoms with Gasteiger partial charge in [0, 0.05) is 13.1 Å². The molecule has 1 aliphatic rings. The molecule has 7 nitrogen and oxygen atoms in total. The number of aryl methyl sites for hydroxylation is 1. The number of carbonyl (C=O) groups excluding carboxylic acids is 3. The summed E-state index contributed by atoms with van der Waals surface area (Å²) < 4.78 is 11.2. The molecule has 0 saturated carbocycles. The zero-order chi connectivity index (χ0) is 25.5. The second-order valence-electron chi connectivity index (χ2n) is 9.47. The van der Waals surface area contributed by atoms with Crippen LogP contribution in [0.1, 0.15) is 90.0 Å². The number of unbranched alkanes of at least 4 members (excludes halogenated alkanes) is 9. The van der Waals surface area contributed by atoms with Gasteiger partial charge in [-0.25, -0.2) is 0 Å². The molecule has 1 N–H and O–H groups in total. The van der Waals surface area contributed by atoms with Crippen LogP contribution in [0.2, 0.25) is 0 Å². The average Bonchev–Trinajstić information content (AvgIpc) is 2.84. The van der Waals surface area contributed by atoms with E-state index >= 15 is 0 Å². The molecular weight excluding hydrogens is 444 g/mol. The Labute approximate surface area is 210 Å². The average molecular weight is 489 g/mol. The van der Waals surface area contributed by atoms with Crippen LogP contribution in [-0.4, -0.2) is 54.5 Å². The lowest BCUT2D eigenvalue weighted by molar-refractivity contribution is -0.154. The molecule has 2 amide bonds. The van der Waals surface area contributed by atoms with Gasteiger partial charge in [0.2, 0.25) is 5.91 Å². The Hall–Kier alpha value is -2.57. The fourth-order valence-corrected chi connectivity index (χ4v) is 4.34. The molecule has 7 heteroatoms. The summed E-state index contributed by atoms with van der Waals surface area (Å²) in [6.07, 6.45) is 11.2. The summed E-state index contributed by atoms with van der Waals surface area (Å²) in [6, 6.07) is 6.60. The van der Waals surface area contributed by atoms with Crippen LogP contribution in [0, 0.1) is 6.92 Å². The summed E-state index contributed by atoms with van der Waals surface area (Å²) >= 11 is 0. The fourth-order valence-electron chi connectivity index (χ4n) is 4.34. The minimum atomic E-state index is -0.876. The second kappa shape index (κ2) is 16.2. The number of esters is 1. The molecule has 0 aliphatic carbocycles. The Kier molecular flexibility index (Phi) is 13.2. The number of benzene rings is 1. The Bertz CT molecular complexity index is 797. The molecule has 196 valence electrons. The predicted octanol–water partition coefficient (Wildman–Crippen LogP) is 4.94. The molecule has 0 bridgehead atoms. The van der Waals surface area contributed by atoms with Crippen molar-refractivity contribution in [2.75, 3.05) is 19.7 Å². The third-order valence-corrected chi connectivity index (χ3v) is 6.48. The highest BCUT2D eigenvalue weighted by Gasteiger charge is 2.37. The van der Waals surface area contributed by atoms with Crippen LogP contribution in [0.15, 0.2) is 24.3 Å². The number of ether oxygens (including phenoxy) is 2. The molecule has 2 unspecified atom stereocenters. The molecular formula is C28H44N2O5. The lowest BCUT2D eigenvalue weighted by atomic mass is 10.1. The van der Waals surface area contributed by atoms with Crippen LogP contribution >= 0.6 is 0 Å². The van der Waals surface area contributed by atoms with E-state index in [0.29, 0.717) is 25.4 Å². The number of carbonyl (C=O) groups is 3. The lowest BCUT2D eigenvalue weighted by Gasteiger charge is -2.36. The van der Waals surface area contributed by atoms with Gasteiger partial charge in [-0.2, -0.15) is 0 Å². The SMILES string of the molecule is CCCCCCCCCCCCOC(=O)CC1C(=O)NCCN1C(=O)C(C)Oc1ccccc1C. The van der Waals surface area contributed by atoms with Crippen molar-refractivity contribution in [1.82, 2.24) is 10.2 Å². The van der Waals surface area contributed by atoms with E-state index in [0.717, 1.165) is 24.8 Å².